The summed E-state index contributed by atoms with van der Waals surface area (Å²) in [4.78, 5) is 4.75. The van der Waals surface area contributed by atoms with Crippen molar-refractivity contribution in [3.63, 3.8) is 0 Å². The topological polar surface area (TPSA) is 56.7 Å². The van der Waals surface area contributed by atoms with Crippen LogP contribution in [0.15, 0.2) is 64.2 Å². The van der Waals surface area contributed by atoms with Crippen LogP contribution in [0.25, 0.3) is 22.5 Å². The summed E-state index contributed by atoms with van der Waals surface area (Å²) < 4.78 is 8.08. The molecule has 2 aromatic heterocycles. The van der Waals surface area contributed by atoms with Gasteiger partial charge in [-0.05, 0) is 38.1 Å². The molecule has 1 unspecified atom stereocenters. The Morgan fingerprint density at radius 2 is 1.80 bits per heavy atom. The predicted molar refractivity (Wildman–Crippen MR) is 99.4 cm³/mol. The molecule has 0 saturated heterocycles. The summed E-state index contributed by atoms with van der Waals surface area (Å²) in [5.74, 6) is 1.16. The van der Waals surface area contributed by atoms with Gasteiger partial charge in [0.15, 0.2) is 5.16 Å². The molecule has 0 bridgehead atoms. The molecule has 0 spiro atoms. The maximum atomic E-state index is 5.87. The second-order valence-electron chi connectivity index (χ2n) is 5.70. The Kier molecular flexibility index (Phi) is 4.28. The van der Waals surface area contributed by atoms with Gasteiger partial charge in [-0.15, -0.1) is 10.2 Å². The van der Waals surface area contributed by atoms with Gasteiger partial charge in [-0.1, -0.05) is 42.1 Å². The molecule has 4 rings (SSSR count). The Labute approximate surface area is 150 Å². The largest absolute Gasteiger partial charge is 0.419 e. The van der Waals surface area contributed by atoms with Crippen molar-refractivity contribution in [2.24, 2.45) is 0 Å². The van der Waals surface area contributed by atoms with E-state index in [4.69, 9.17) is 9.40 Å². The molecule has 1 atom stereocenters. The van der Waals surface area contributed by atoms with Gasteiger partial charge in [0.25, 0.3) is 0 Å². The summed E-state index contributed by atoms with van der Waals surface area (Å²) in [6.07, 6.45) is 0. The van der Waals surface area contributed by atoms with Gasteiger partial charge in [0.1, 0.15) is 0 Å². The van der Waals surface area contributed by atoms with Crippen molar-refractivity contribution in [3.8, 4) is 11.5 Å². The van der Waals surface area contributed by atoms with E-state index in [-0.39, 0.29) is 5.25 Å². The van der Waals surface area contributed by atoms with Gasteiger partial charge in [-0.25, -0.2) is 4.98 Å². The maximum Gasteiger partial charge on any atom is 0.247 e. The molecule has 0 fully saturated rings. The number of hydrogen-bond acceptors (Lipinski definition) is 5. The van der Waals surface area contributed by atoms with Crippen molar-refractivity contribution in [2.45, 2.75) is 30.8 Å². The van der Waals surface area contributed by atoms with E-state index < -0.39 is 0 Å². The second-order valence-corrected chi connectivity index (χ2v) is 7.01. The van der Waals surface area contributed by atoms with Crippen LogP contribution < -0.4 is 0 Å². The molecule has 0 aliphatic carbocycles. The van der Waals surface area contributed by atoms with E-state index in [0.29, 0.717) is 11.8 Å². The maximum absolute atomic E-state index is 5.87. The molecule has 5 nitrogen and oxygen atoms in total. The quantitative estimate of drug-likeness (QED) is 0.476. The SMILES string of the molecule is CCn1c(SC(C)c2nnc(-c3ccccc3)o2)nc2ccccc21. The number of thioether (sulfide) groups is 1. The van der Waals surface area contributed by atoms with E-state index in [1.807, 2.05) is 48.5 Å². The van der Waals surface area contributed by atoms with Crippen LogP contribution in [0.2, 0.25) is 0 Å². The van der Waals surface area contributed by atoms with E-state index in [0.717, 1.165) is 28.3 Å². The van der Waals surface area contributed by atoms with Crippen LogP contribution in [-0.4, -0.2) is 19.7 Å². The third kappa shape index (κ3) is 3.05. The lowest BCUT2D eigenvalue weighted by molar-refractivity contribution is 0.508. The van der Waals surface area contributed by atoms with Crippen LogP contribution in [0.3, 0.4) is 0 Å². The molecule has 0 radical (unpaired) electrons. The minimum absolute atomic E-state index is 0.0204. The van der Waals surface area contributed by atoms with E-state index in [2.05, 4.69) is 34.7 Å². The first-order chi connectivity index (χ1) is 12.3. The summed E-state index contributed by atoms with van der Waals surface area (Å²) in [6, 6.07) is 18.0. The van der Waals surface area contributed by atoms with Gasteiger partial charge in [0.05, 0.1) is 16.3 Å². The van der Waals surface area contributed by atoms with Crippen LogP contribution in [0.1, 0.15) is 25.0 Å². The summed E-state index contributed by atoms with van der Waals surface area (Å²) in [6.45, 7) is 5.06. The summed E-state index contributed by atoms with van der Waals surface area (Å²) >= 11 is 1.64. The normalized spacial score (nSPS) is 12.6. The van der Waals surface area contributed by atoms with Crippen LogP contribution in [-0.2, 0) is 6.54 Å². The van der Waals surface area contributed by atoms with Crippen molar-refractivity contribution in [2.75, 3.05) is 0 Å². The average molecular weight is 350 g/mol. The molecule has 2 heterocycles. The van der Waals surface area contributed by atoms with E-state index >= 15 is 0 Å². The van der Waals surface area contributed by atoms with Gasteiger partial charge in [-0.2, -0.15) is 0 Å². The molecule has 0 aliphatic rings. The number of rotatable bonds is 5. The van der Waals surface area contributed by atoms with Crippen LogP contribution in [0, 0.1) is 0 Å². The number of imidazole rings is 1. The minimum Gasteiger partial charge on any atom is -0.419 e. The molecule has 4 aromatic rings. The molecule has 6 heteroatoms. The first-order valence-corrected chi connectivity index (χ1v) is 9.15. The monoisotopic (exact) mass is 350 g/mol. The Morgan fingerprint density at radius 1 is 1.04 bits per heavy atom. The van der Waals surface area contributed by atoms with E-state index in [1.165, 1.54) is 0 Å². The third-order valence-electron chi connectivity index (χ3n) is 4.03. The zero-order chi connectivity index (χ0) is 17.2. The molecule has 0 aliphatic heterocycles. The summed E-state index contributed by atoms with van der Waals surface area (Å²) in [7, 11) is 0. The second kappa shape index (κ2) is 6.72. The third-order valence-corrected chi connectivity index (χ3v) is 5.10. The van der Waals surface area contributed by atoms with Gasteiger partial charge in [0, 0.05) is 12.1 Å². The summed E-state index contributed by atoms with van der Waals surface area (Å²) in [5.41, 5.74) is 3.09. The number of fused-ring (bicyclic) bond motifs is 1. The fraction of sp³-hybridized carbons (Fsp3) is 0.211. The van der Waals surface area contributed by atoms with Crippen molar-refractivity contribution in [3.05, 3.63) is 60.5 Å². The molecule has 0 amide bonds. The van der Waals surface area contributed by atoms with Gasteiger partial charge < -0.3 is 8.98 Å². The molecular weight excluding hydrogens is 332 g/mol. The fourth-order valence-corrected chi connectivity index (χ4v) is 3.77. The van der Waals surface area contributed by atoms with Crippen molar-refractivity contribution in [1.82, 2.24) is 19.7 Å². The predicted octanol–water partition coefficient (Wildman–Crippen LogP) is 4.96. The van der Waals surface area contributed by atoms with Crippen LogP contribution in [0.4, 0.5) is 0 Å². The molecule has 25 heavy (non-hydrogen) atoms. The number of nitrogens with zero attached hydrogens (tertiary/aromatic N) is 4. The van der Waals surface area contributed by atoms with E-state index in [1.54, 1.807) is 11.8 Å². The van der Waals surface area contributed by atoms with E-state index in [9.17, 15) is 0 Å². The number of aryl methyl sites for hydroxylation is 1. The van der Waals surface area contributed by atoms with Crippen molar-refractivity contribution >= 4 is 22.8 Å². The number of hydrogen-bond donors (Lipinski definition) is 0. The Morgan fingerprint density at radius 3 is 2.60 bits per heavy atom. The zero-order valence-corrected chi connectivity index (χ0v) is 14.9. The molecule has 2 aromatic carbocycles. The van der Waals surface area contributed by atoms with Crippen molar-refractivity contribution in [1.29, 1.82) is 0 Å². The Bertz CT molecular complexity index is 993. The highest BCUT2D eigenvalue weighted by atomic mass is 32.2. The molecule has 0 saturated carbocycles. The fourth-order valence-electron chi connectivity index (χ4n) is 2.75. The van der Waals surface area contributed by atoms with Crippen molar-refractivity contribution < 1.29 is 4.42 Å². The van der Waals surface area contributed by atoms with Gasteiger partial charge >= 0.3 is 0 Å². The average Bonchev–Trinajstić information content (AvgIpc) is 3.27. The standard InChI is InChI=1S/C19H18N4OS/c1-3-23-16-12-8-7-11-15(16)20-19(23)25-13(2)17-21-22-18(24-17)14-9-5-4-6-10-14/h4-13H,3H2,1-2H3. The Hall–Kier alpha value is -2.60. The van der Waals surface area contributed by atoms with Crippen LogP contribution >= 0.6 is 11.8 Å². The Balaban J connectivity index is 1.60. The van der Waals surface area contributed by atoms with Gasteiger partial charge in [0.2, 0.25) is 11.8 Å². The first kappa shape index (κ1) is 15.9. The summed E-state index contributed by atoms with van der Waals surface area (Å²) in [5, 5.41) is 9.39. The highest BCUT2D eigenvalue weighted by molar-refractivity contribution is 7.99. The minimum atomic E-state index is 0.0204. The lowest BCUT2D eigenvalue weighted by atomic mass is 10.2. The highest BCUT2D eigenvalue weighted by Gasteiger charge is 2.19. The first-order valence-electron chi connectivity index (χ1n) is 8.27. The number of aromatic nitrogens is 4. The lowest BCUT2D eigenvalue weighted by Crippen LogP contribution is -1.98. The highest BCUT2D eigenvalue weighted by Crippen LogP contribution is 2.36. The molecule has 0 N–H and O–H groups in total. The smallest absolute Gasteiger partial charge is 0.247 e. The number of benzene rings is 2. The van der Waals surface area contributed by atoms with Gasteiger partial charge in [-0.3, -0.25) is 0 Å². The zero-order valence-electron chi connectivity index (χ0n) is 14.1. The molecule has 126 valence electrons. The lowest BCUT2D eigenvalue weighted by Gasteiger charge is -2.08. The number of para-hydroxylation sites is 2. The molecular formula is C19H18N4OS. The van der Waals surface area contributed by atoms with Crippen LogP contribution in [0.5, 0.6) is 0 Å².